The molecule has 0 spiro atoms. The molecule has 0 radical (unpaired) electrons. The molecule has 1 fully saturated rings. The molecule has 3 heterocycles. The van der Waals surface area contributed by atoms with E-state index in [1.807, 2.05) is 79.0 Å². The van der Waals surface area contributed by atoms with Crippen LogP contribution in [0.1, 0.15) is 17.5 Å². The number of nitrogens with zero attached hydrogens (tertiary/aromatic N) is 5. The fourth-order valence-corrected chi connectivity index (χ4v) is 3.63. The Balaban J connectivity index is 1.55. The molecule has 2 aromatic heterocycles. The standard InChI is InChI=1S/C24H23N5O2/c30-23(19-9-5-2-6-10-19)24-25-21(28-13-15-31-16-14-28)17-22(26-24)29-12-11-20(27-29)18-7-3-1-4-8-18/h1-12,17,23,30H,13-16H2. The van der Waals surface area contributed by atoms with Gasteiger partial charge in [-0.25, -0.2) is 14.6 Å². The second-order valence-corrected chi connectivity index (χ2v) is 7.37. The van der Waals surface area contributed by atoms with Gasteiger partial charge in [-0.15, -0.1) is 0 Å². The first-order valence-corrected chi connectivity index (χ1v) is 10.3. The highest BCUT2D eigenvalue weighted by atomic mass is 16.5. The number of aliphatic hydroxyl groups is 1. The molecule has 1 atom stereocenters. The number of aliphatic hydroxyl groups excluding tert-OH is 1. The third kappa shape index (κ3) is 4.19. The third-order valence-corrected chi connectivity index (χ3v) is 5.30. The minimum Gasteiger partial charge on any atom is -0.380 e. The topological polar surface area (TPSA) is 76.3 Å². The van der Waals surface area contributed by atoms with Gasteiger partial charge in [-0.1, -0.05) is 60.7 Å². The highest BCUT2D eigenvalue weighted by Crippen LogP contribution is 2.25. The maximum atomic E-state index is 11.0. The van der Waals surface area contributed by atoms with Crippen LogP contribution in [0.15, 0.2) is 79.0 Å². The highest BCUT2D eigenvalue weighted by molar-refractivity contribution is 5.58. The van der Waals surface area contributed by atoms with E-state index in [0.29, 0.717) is 24.9 Å². The Morgan fingerprint density at radius 1 is 0.839 bits per heavy atom. The van der Waals surface area contributed by atoms with E-state index in [-0.39, 0.29) is 0 Å². The average Bonchev–Trinajstić information content (AvgIpc) is 3.35. The summed E-state index contributed by atoms with van der Waals surface area (Å²) in [6.07, 6.45) is 0.956. The summed E-state index contributed by atoms with van der Waals surface area (Å²) in [5, 5.41) is 15.7. The van der Waals surface area contributed by atoms with Crippen LogP contribution in [0.25, 0.3) is 17.1 Å². The Morgan fingerprint density at radius 2 is 1.52 bits per heavy atom. The summed E-state index contributed by atoms with van der Waals surface area (Å²) in [5.41, 5.74) is 2.64. The fourth-order valence-electron chi connectivity index (χ4n) is 3.63. The number of hydrogen-bond acceptors (Lipinski definition) is 6. The van der Waals surface area contributed by atoms with Crippen LogP contribution in [0.5, 0.6) is 0 Å². The van der Waals surface area contributed by atoms with Crippen molar-refractivity contribution in [3.05, 3.63) is 90.4 Å². The van der Waals surface area contributed by atoms with Crippen LogP contribution in [-0.4, -0.2) is 51.2 Å². The van der Waals surface area contributed by atoms with E-state index in [0.717, 1.165) is 35.7 Å². The summed E-state index contributed by atoms with van der Waals surface area (Å²) in [5.74, 6) is 1.72. The number of aromatic nitrogens is 4. The molecule has 1 N–H and O–H groups in total. The molecule has 0 aliphatic carbocycles. The lowest BCUT2D eigenvalue weighted by Crippen LogP contribution is -2.37. The zero-order valence-corrected chi connectivity index (χ0v) is 17.0. The zero-order chi connectivity index (χ0) is 21.0. The summed E-state index contributed by atoms with van der Waals surface area (Å²) in [4.78, 5) is 11.5. The molecule has 7 nitrogen and oxygen atoms in total. The molecule has 1 aliphatic rings. The molecular weight excluding hydrogens is 390 g/mol. The Hall–Kier alpha value is -3.55. The minimum absolute atomic E-state index is 0.349. The van der Waals surface area contributed by atoms with Crippen molar-refractivity contribution < 1.29 is 9.84 Å². The van der Waals surface area contributed by atoms with Crippen molar-refractivity contribution in [3.63, 3.8) is 0 Å². The Morgan fingerprint density at radius 3 is 2.26 bits per heavy atom. The molecule has 0 saturated carbocycles. The zero-order valence-electron chi connectivity index (χ0n) is 17.0. The van der Waals surface area contributed by atoms with Gasteiger partial charge >= 0.3 is 0 Å². The van der Waals surface area contributed by atoms with Gasteiger partial charge in [0.05, 0.1) is 18.9 Å². The van der Waals surface area contributed by atoms with E-state index >= 15 is 0 Å². The van der Waals surface area contributed by atoms with E-state index < -0.39 is 6.10 Å². The van der Waals surface area contributed by atoms with Crippen molar-refractivity contribution in [2.75, 3.05) is 31.2 Å². The Kier molecular flexibility index (Phi) is 5.43. The van der Waals surface area contributed by atoms with Gasteiger partial charge in [0, 0.05) is 30.9 Å². The summed E-state index contributed by atoms with van der Waals surface area (Å²) < 4.78 is 7.21. The van der Waals surface area contributed by atoms with Crippen molar-refractivity contribution in [2.24, 2.45) is 0 Å². The molecule has 2 aromatic carbocycles. The summed E-state index contributed by atoms with van der Waals surface area (Å²) in [7, 11) is 0. The SMILES string of the molecule is OC(c1ccccc1)c1nc(N2CCOCC2)cc(-n2ccc(-c3ccccc3)n2)n1. The maximum absolute atomic E-state index is 11.0. The van der Waals surface area contributed by atoms with E-state index in [4.69, 9.17) is 14.8 Å². The second-order valence-electron chi connectivity index (χ2n) is 7.37. The first-order chi connectivity index (χ1) is 15.3. The van der Waals surface area contributed by atoms with Crippen LogP contribution in [0.3, 0.4) is 0 Å². The predicted molar refractivity (Wildman–Crippen MR) is 118 cm³/mol. The van der Waals surface area contributed by atoms with Crippen LogP contribution < -0.4 is 4.90 Å². The molecule has 0 bridgehead atoms. The number of benzene rings is 2. The van der Waals surface area contributed by atoms with Crippen LogP contribution in [0.4, 0.5) is 5.82 Å². The van der Waals surface area contributed by atoms with Crippen molar-refractivity contribution >= 4 is 5.82 Å². The second kappa shape index (κ2) is 8.67. The largest absolute Gasteiger partial charge is 0.380 e. The lowest BCUT2D eigenvalue weighted by molar-refractivity contribution is 0.122. The van der Waals surface area contributed by atoms with Gasteiger partial charge in [-0.2, -0.15) is 5.10 Å². The number of morpholine rings is 1. The first kappa shape index (κ1) is 19.4. The van der Waals surface area contributed by atoms with Gasteiger partial charge in [0.2, 0.25) is 0 Å². The molecule has 1 saturated heterocycles. The predicted octanol–water partition coefficient (Wildman–Crippen LogP) is 3.25. The fraction of sp³-hybridized carbons (Fsp3) is 0.208. The highest BCUT2D eigenvalue weighted by Gasteiger charge is 2.20. The number of ether oxygens (including phenoxy) is 1. The molecule has 1 unspecified atom stereocenters. The molecule has 7 heteroatoms. The molecule has 1 aliphatic heterocycles. The van der Waals surface area contributed by atoms with Gasteiger partial charge < -0.3 is 14.7 Å². The van der Waals surface area contributed by atoms with Crippen molar-refractivity contribution in [1.82, 2.24) is 19.7 Å². The van der Waals surface area contributed by atoms with Gasteiger partial charge in [0.25, 0.3) is 0 Å². The van der Waals surface area contributed by atoms with Crippen molar-refractivity contribution in [1.29, 1.82) is 0 Å². The van der Waals surface area contributed by atoms with E-state index in [1.54, 1.807) is 4.68 Å². The van der Waals surface area contributed by atoms with Crippen molar-refractivity contribution in [3.8, 4) is 17.1 Å². The lowest BCUT2D eigenvalue weighted by atomic mass is 10.1. The number of rotatable bonds is 5. The normalized spacial score (nSPS) is 15.1. The molecule has 0 amide bonds. The lowest BCUT2D eigenvalue weighted by Gasteiger charge is -2.28. The number of hydrogen-bond donors (Lipinski definition) is 1. The van der Waals surface area contributed by atoms with Crippen molar-refractivity contribution in [2.45, 2.75) is 6.10 Å². The summed E-state index contributed by atoms with van der Waals surface area (Å²) in [6.45, 7) is 2.78. The van der Waals surface area contributed by atoms with Crippen LogP contribution >= 0.6 is 0 Å². The number of anilines is 1. The molecule has 31 heavy (non-hydrogen) atoms. The van der Waals surface area contributed by atoms with E-state index in [9.17, 15) is 5.11 Å². The smallest absolute Gasteiger partial charge is 0.166 e. The molecular formula is C24H23N5O2. The monoisotopic (exact) mass is 413 g/mol. The van der Waals surface area contributed by atoms with E-state index in [1.165, 1.54) is 0 Å². The summed E-state index contributed by atoms with van der Waals surface area (Å²) >= 11 is 0. The Labute approximate surface area is 180 Å². The molecule has 4 aromatic rings. The first-order valence-electron chi connectivity index (χ1n) is 10.3. The third-order valence-electron chi connectivity index (χ3n) is 5.30. The molecule has 5 rings (SSSR count). The summed E-state index contributed by atoms with van der Waals surface area (Å²) in [6, 6.07) is 23.3. The van der Waals surface area contributed by atoms with Gasteiger partial charge in [0.1, 0.15) is 11.9 Å². The van der Waals surface area contributed by atoms with Crippen LogP contribution in [0, 0.1) is 0 Å². The van der Waals surface area contributed by atoms with Gasteiger partial charge in [0.15, 0.2) is 11.6 Å². The quantitative estimate of drug-likeness (QED) is 0.541. The van der Waals surface area contributed by atoms with E-state index in [2.05, 4.69) is 9.88 Å². The Bertz CT molecular complexity index is 1140. The average molecular weight is 413 g/mol. The van der Waals surface area contributed by atoms with Crippen LogP contribution in [-0.2, 0) is 4.74 Å². The van der Waals surface area contributed by atoms with Gasteiger partial charge in [-0.05, 0) is 11.6 Å². The maximum Gasteiger partial charge on any atom is 0.166 e. The minimum atomic E-state index is -0.926. The van der Waals surface area contributed by atoms with Gasteiger partial charge in [-0.3, -0.25) is 0 Å². The molecule has 156 valence electrons. The van der Waals surface area contributed by atoms with Crippen LogP contribution in [0.2, 0.25) is 0 Å².